The largest absolute Gasteiger partial charge is 0.392 e. The molecule has 1 N–H and O–H groups in total. The minimum absolute atomic E-state index is 0.0754. The summed E-state index contributed by atoms with van der Waals surface area (Å²) >= 11 is 0. The van der Waals surface area contributed by atoms with E-state index in [0.717, 1.165) is 6.42 Å². The van der Waals surface area contributed by atoms with Crippen LogP contribution in [0.4, 0.5) is 0 Å². The molecule has 0 bridgehead atoms. The van der Waals surface area contributed by atoms with Crippen molar-refractivity contribution < 1.29 is 9.84 Å². The second kappa shape index (κ2) is 5.50. The van der Waals surface area contributed by atoms with Gasteiger partial charge in [-0.3, -0.25) is 0 Å². The van der Waals surface area contributed by atoms with E-state index in [2.05, 4.69) is 0 Å². The summed E-state index contributed by atoms with van der Waals surface area (Å²) in [5, 5.41) is 10.2. The van der Waals surface area contributed by atoms with Crippen LogP contribution >= 0.6 is 0 Å². The molecule has 18 heavy (non-hydrogen) atoms. The van der Waals surface area contributed by atoms with Gasteiger partial charge in [0, 0.05) is 11.8 Å². The fourth-order valence-corrected chi connectivity index (χ4v) is 4.39. The van der Waals surface area contributed by atoms with E-state index in [9.17, 15) is 5.11 Å². The Morgan fingerprint density at radius 2 is 1.44 bits per heavy atom. The molecule has 3 aliphatic carbocycles. The van der Waals surface area contributed by atoms with Gasteiger partial charge in [0.2, 0.25) is 0 Å². The van der Waals surface area contributed by atoms with E-state index in [0.29, 0.717) is 12.2 Å². The molecular formula is C16H28O2. The maximum Gasteiger partial charge on any atom is 0.0684 e. The maximum absolute atomic E-state index is 10.2. The summed E-state index contributed by atoms with van der Waals surface area (Å²) < 4.78 is 6.41. The summed E-state index contributed by atoms with van der Waals surface area (Å²) in [7, 11) is 0. The second-order valence-corrected chi connectivity index (χ2v) is 6.78. The number of rotatable bonds is 2. The van der Waals surface area contributed by atoms with E-state index in [1.165, 1.54) is 70.6 Å². The second-order valence-electron chi connectivity index (χ2n) is 6.78. The summed E-state index contributed by atoms with van der Waals surface area (Å²) in [6, 6.07) is 0. The Hall–Kier alpha value is -0.0800. The van der Waals surface area contributed by atoms with E-state index in [-0.39, 0.29) is 11.5 Å². The first-order chi connectivity index (χ1) is 8.81. The molecule has 1 spiro atoms. The monoisotopic (exact) mass is 252 g/mol. The van der Waals surface area contributed by atoms with Gasteiger partial charge in [-0.1, -0.05) is 44.9 Å². The highest BCUT2D eigenvalue weighted by Crippen LogP contribution is 2.53. The molecule has 3 rings (SSSR count). The Morgan fingerprint density at radius 3 is 2.06 bits per heavy atom. The van der Waals surface area contributed by atoms with Crippen LogP contribution in [-0.4, -0.2) is 23.4 Å². The van der Waals surface area contributed by atoms with Crippen molar-refractivity contribution in [3.63, 3.8) is 0 Å². The summed E-state index contributed by atoms with van der Waals surface area (Å²) in [6.07, 6.45) is 16.0. The predicted octanol–water partition coefficient (Wildman–Crippen LogP) is 3.81. The van der Waals surface area contributed by atoms with E-state index < -0.39 is 0 Å². The Morgan fingerprint density at radius 1 is 0.833 bits per heavy atom. The zero-order valence-electron chi connectivity index (χ0n) is 11.6. The van der Waals surface area contributed by atoms with Crippen LogP contribution in [0.15, 0.2) is 0 Å². The fourth-order valence-electron chi connectivity index (χ4n) is 4.39. The number of aliphatic hydroxyl groups excluding tert-OH is 1. The van der Waals surface area contributed by atoms with Gasteiger partial charge in [-0.05, 0) is 25.7 Å². The molecule has 0 radical (unpaired) electrons. The number of hydrogen-bond acceptors (Lipinski definition) is 2. The van der Waals surface area contributed by atoms with Crippen molar-refractivity contribution in [3.8, 4) is 0 Å². The average Bonchev–Trinajstić information content (AvgIpc) is 2.68. The molecule has 3 saturated carbocycles. The van der Waals surface area contributed by atoms with Gasteiger partial charge >= 0.3 is 0 Å². The summed E-state index contributed by atoms with van der Waals surface area (Å²) in [6.45, 7) is 0. The highest BCUT2D eigenvalue weighted by Gasteiger charge is 2.55. The lowest BCUT2D eigenvalue weighted by Crippen LogP contribution is -2.59. The van der Waals surface area contributed by atoms with Gasteiger partial charge in [-0.2, -0.15) is 0 Å². The molecule has 104 valence electrons. The molecule has 3 fully saturated rings. The number of ether oxygens (including phenoxy) is 1. The smallest absolute Gasteiger partial charge is 0.0684 e. The molecule has 0 saturated heterocycles. The maximum atomic E-state index is 10.2. The molecule has 0 aliphatic heterocycles. The molecule has 3 aliphatic rings. The third-order valence-electron chi connectivity index (χ3n) is 5.69. The lowest BCUT2D eigenvalue weighted by atomic mass is 9.56. The number of aliphatic hydroxyl groups is 1. The zero-order valence-corrected chi connectivity index (χ0v) is 11.6. The minimum Gasteiger partial charge on any atom is -0.392 e. The minimum atomic E-state index is -0.0754. The predicted molar refractivity (Wildman–Crippen MR) is 72.5 cm³/mol. The van der Waals surface area contributed by atoms with Crippen molar-refractivity contribution in [2.45, 2.75) is 95.4 Å². The molecule has 0 aromatic rings. The van der Waals surface area contributed by atoms with Crippen molar-refractivity contribution in [1.29, 1.82) is 0 Å². The van der Waals surface area contributed by atoms with Crippen LogP contribution in [0.3, 0.4) is 0 Å². The zero-order chi connectivity index (χ0) is 12.4. The fraction of sp³-hybridized carbons (Fsp3) is 1.00. The summed E-state index contributed by atoms with van der Waals surface area (Å²) in [4.78, 5) is 0. The van der Waals surface area contributed by atoms with Crippen molar-refractivity contribution in [2.75, 3.05) is 0 Å². The van der Waals surface area contributed by atoms with Crippen LogP contribution in [0.2, 0.25) is 0 Å². The summed E-state index contributed by atoms with van der Waals surface area (Å²) in [5.74, 6) is 0. The lowest BCUT2D eigenvalue weighted by molar-refractivity contribution is -0.223. The van der Waals surface area contributed by atoms with Crippen molar-refractivity contribution in [1.82, 2.24) is 0 Å². The van der Waals surface area contributed by atoms with Gasteiger partial charge in [0.1, 0.15) is 0 Å². The van der Waals surface area contributed by atoms with Gasteiger partial charge in [0.15, 0.2) is 0 Å². The average molecular weight is 252 g/mol. The van der Waals surface area contributed by atoms with E-state index in [4.69, 9.17) is 4.74 Å². The highest BCUT2D eigenvalue weighted by molar-refractivity contribution is 5.05. The molecule has 2 atom stereocenters. The third-order valence-corrected chi connectivity index (χ3v) is 5.69. The SMILES string of the molecule is OC1CC(OC2CCCCCC2)C12CCCCC2. The van der Waals surface area contributed by atoms with Crippen molar-refractivity contribution in [3.05, 3.63) is 0 Å². The first kappa shape index (κ1) is 12.9. The third kappa shape index (κ3) is 2.34. The Kier molecular flexibility index (Phi) is 3.95. The van der Waals surface area contributed by atoms with Crippen LogP contribution in [0.1, 0.15) is 77.0 Å². The van der Waals surface area contributed by atoms with Crippen molar-refractivity contribution in [2.24, 2.45) is 5.41 Å². The molecule has 0 aromatic carbocycles. The first-order valence-corrected chi connectivity index (χ1v) is 8.15. The molecule has 2 heteroatoms. The highest BCUT2D eigenvalue weighted by atomic mass is 16.5. The molecule has 2 unspecified atom stereocenters. The number of hydrogen-bond donors (Lipinski definition) is 1. The topological polar surface area (TPSA) is 29.5 Å². The van der Waals surface area contributed by atoms with Crippen LogP contribution in [0, 0.1) is 5.41 Å². The quantitative estimate of drug-likeness (QED) is 0.757. The molecule has 0 amide bonds. The first-order valence-electron chi connectivity index (χ1n) is 8.15. The Balaban J connectivity index is 1.58. The van der Waals surface area contributed by atoms with E-state index in [1.54, 1.807) is 0 Å². The van der Waals surface area contributed by atoms with Gasteiger partial charge < -0.3 is 9.84 Å². The van der Waals surface area contributed by atoms with Gasteiger partial charge in [0.25, 0.3) is 0 Å². The van der Waals surface area contributed by atoms with Gasteiger partial charge in [-0.15, -0.1) is 0 Å². The molecule has 0 aromatic heterocycles. The van der Waals surface area contributed by atoms with Crippen LogP contribution in [-0.2, 0) is 4.74 Å². The standard InChI is InChI=1S/C16H28O2/c17-14-12-15(16(14)10-6-3-7-11-16)18-13-8-4-1-2-5-9-13/h13-15,17H,1-12H2. The molecular weight excluding hydrogens is 224 g/mol. The van der Waals surface area contributed by atoms with Crippen LogP contribution in [0.25, 0.3) is 0 Å². The molecule has 2 nitrogen and oxygen atoms in total. The van der Waals surface area contributed by atoms with Crippen molar-refractivity contribution >= 4 is 0 Å². The van der Waals surface area contributed by atoms with Crippen LogP contribution < -0.4 is 0 Å². The normalized spacial score (nSPS) is 37.2. The lowest BCUT2D eigenvalue weighted by Gasteiger charge is -2.56. The Labute approximate surface area is 111 Å². The van der Waals surface area contributed by atoms with Crippen LogP contribution in [0.5, 0.6) is 0 Å². The van der Waals surface area contributed by atoms with E-state index in [1.807, 2.05) is 0 Å². The van der Waals surface area contributed by atoms with E-state index >= 15 is 0 Å². The summed E-state index contributed by atoms with van der Waals surface area (Å²) in [5.41, 5.74) is 0.157. The molecule has 0 heterocycles. The Bertz CT molecular complexity index is 262. The van der Waals surface area contributed by atoms with Gasteiger partial charge in [0.05, 0.1) is 18.3 Å². The van der Waals surface area contributed by atoms with Gasteiger partial charge in [-0.25, -0.2) is 0 Å².